The second kappa shape index (κ2) is 3.84. The summed E-state index contributed by atoms with van der Waals surface area (Å²) in [5.74, 6) is 0.449. The summed E-state index contributed by atoms with van der Waals surface area (Å²) in [4.78, 5) is 4.37. The van der Waals surface area contributed by atoms with E-state index in [1.807, 2.05) is 26.2 Å². The Labute approximate surface area is 93.9 Å². The fourth-order valence-corrected chi connectivity index (χ4v) is 1.62. The number of nitrogens with zero attached hydrogens (tertiary/aromatic N) is 3. The minimum absolute atomic E-state index is 0.449. The minimum Gasteiger partial charge on any atom is -0.480 e. The normalized spacial score (nSPS) is 10.4. The zero-order valence-corrected chi connectivity index (χ0v) is 9.56. The number of pyridine rings is 1. The molecule has 0 aromatic carbocycles. The van der Waals surface area contributed by atoms with Crippen LogP contribution in [0.3, 0.4) is 0 Å². The molecule has 16 heavy (non-hydrogen) atoms. The fraction of sp³-hybridized carbons (Fsp3) is 0.273. The van der Waals surface area contributed by atoms with Crippen LogP contribution in [0.25, 0.3) is 11.3 Å². The summed E-state index contributed by atoms with van der Waals surface area (Å²) in [5, 5.41) is 4.12. The van der Waals surface area contributed by atoms with Gasteiger partial charge in [-0.1, -0.05) is 0 Å². The minimum atomic E-state index is 0.449. The van der Waals surface area contributed by atoms with Crippen LogP contribution in [0, 0.1) is 6.92 Å². The maximum Gasteiger partial charge on any atom is 0.237 e. The summed E-state index contributed by atoms with van der Waals surface area (Å²) in [6, 6.07) is 1.86. The van der Waals surface area contributed by atoms with Gasteiger partial charge < -0.3 is 10.5 Å². The quantitative estimate of drug-likeness (QED) is 0.827. The maximum atomic E-state index is 5.78. The van der Waals surface area contributed by atoms with Crippen LogP contribution in [0.2, 0.25) is 0 Å². The van der Waals surface area contributed by atoms with Crippen molar-refractivity contribution in [3.05, 3.63) is 24.0 Å². The molecule has 0 amide bonds. The van der Waals surface area contributed by atoms with Crippen LogP contribution in [-0.2, 0) is 7.05 Å². The van der Waals surface area contributed by atoms with E-state index in [1.54, 1.807) is 18.0 Å². The number of nitrogen functional groups attached to an aromatic ring is 1. The standard InChI is InChI=1S/C11H14N4O/c1-7-4-9(12)11(16-3)14-10(7)8-5-13-15(2)6-8/h4-6H,12H2,1-3H3. The summed E-state index contributed by atoms with van der Waals surface area (Å²) in [5.41, 5.74) is 9.13. The molecule has 2 aromatic heterocycles. The molecule has 0 aliphatic heterocycles. The number of hydrogen-bond donors (Lipinski definition) is 1. The third-order valence-electron chi connectivity index (χ3n) is 2.38. The van der Waals surface area contributed by atoms with Crippen LogP contribution in [0.15, 0.2) is 18.5 Å². The van der Waals surface area contributed by atoms with Gasteiger partial charge in [-0.05, 0) is 18.6 Å². The van der Waals surface area contributed by atoms with E-state index in [4.69, 9.17) is 10.5 Å². The monoisotopic (exact) mass is 218 g/mol. The van der Waals surface area contributed by atoms with Gasteiger partial charge in [-0.2, -0.15) is 5.10 Å². The lowest BCUT2D eigenvalue weighted by atomic mass is 10.1. The molecule has 0 aliphatic carbocycles. The first kappa shape index (κ1) is 10.5. The zero-order chi connectivity index (χ0) is 11.7. The number of hydrogen-bond acceptors (Lipinski definition) is 4. The van der Waals surface area contributed by atoms with E-state index in [9.17, 15) is 0 Å². The molecule has 2 rings (SSSR count). The van der Waals surface area contributed by atoms with Crippen molar-refractivity contribution in [1.29, 1.82) is 0 Å². The van der Waals surface area contributed by atoms with Gasteiger partial charge >= 0.3 is 0 Å². The molecule has 2 aromatic rings. The van der Waals surface area contributed by atoms with Crippen molar-refractivity contribution in [2.24, 2.45) is 7.05 Å². The summed E-state index contributed by atoms with van der Waals surface area (Å²) in [6.07, 6.45) is 3.68. The van der Waals surface area contributed by atoms with E-state index >= 15 is 0 Å². The van der Waals surface area contributed by atoms with Crippen molar-refractivity contribution >= 4 is 5.69 Å². The van der Waals surface area contributed by atoms with Crippen LogP contribution >= 0.6 is 0 Å². The fourth-order valence-electron chi connectivity index (χ4n) is 1.62. The molecule has 0 saturated heterocycles. The lowest BCUT2D eigenvalue weighted by Crippen LogP contribution is -1.98. The third kappa shape index (κ3) is 1.71. The molecule has 0 bridgehead atoms. The van der Waals surface area contributed by atoms with Crippen LogP contribution < -0.4 is 10.5 Å². The molecule has 5 nitrogen and oxygen atoms in total. The first-order valence-electron chi connectivity index (χ1n) is 4.92. The molecule has 0 saturated carbocycles. The SMILES string of the molecule is COc1nc(-c2cnn(C)c2)c(C)cc1N. The molecular formula is C11H14N4O. The first-order chi connectivity index (χ1) is 7.61. The van der Waals surface area contributed by atoms with E-state index in [0.717, 1.165) is 16.8 Å². The summed E-state index contributed by atoms with van der Waals surface area (Å²) in [6.45, 7) is 1.96. The van der Waals surface area contributed by atoms with Gasteiger partial charge in [-0.3, -0.25) is 4.68 Å². The van der Waals surface area contributed by atoms with E-state index in [1.165, 1.54) is 0 Å². The number of ether oxygens (including phenoxy) is 1. The predicted octanol–water partition coefficient (Wildman–Crippen LogP) is 1.38. The van der Waals surface area contributed by atoms with Crippen LogP contribution in [0.4, 0.5) is 5.69 Å². The van der Waals surface area contributed by atoms with E-state index in [2.05, 4.69) is 10.1 Å². The highest BCUT2D eigenvalue weighted by Crippen LogP contribution is 2.27. The summed E-state index contributed by atoms with van der Waals surface area (Å²) < 4.78 is 6.84. The van der Waals surface area contributed by atoms with Gasteiger partial charge in [-0.15, -0.1) is 0 Å². The molecule has 0 atom stereocenters. The smallest absolute Gasteiger partial charge is 0.237 e. The lowest BCUT2D eigenvalue weighted by molar-refractivity contribution is 0.400. The highest BCUT2D eigenvalue weighted by Gasteiger charge is 2.10. The topological polar surface area (TPSA) is 66.0 Å². The second-order valence-electron chi connectivity index (χ2n) is 3.66. The van der Waals surface area contributed by atoms with Gasteiger partial charge in [0.05, 0.1) is 24.7 Å². The molecule has 0 fully saturated rings. The van der Waals surface area contributed by atoms with Crippen molar-refractivity contribution in [2.45, 2.75) is 6.92 Å². The first-order valence-corrected chi connectivity index (χ1v) is 4.92. The highest BCUT2D eigenvalue weighted by atomic mass is 16.5. The van der Waals surface area contributed by atoms with Crippen molar-refractivity contribution in [2.75, 3.05) is 12.8 Å². The molecule has 5 heteroatoms. The van der Waals surface area contributed by atoms with E-state index < -0.39 is 0 Å². The van der Waals surface area contributed by atoms with Crippen molar-refractivity contribution in [3.63, 3.8) is 0 Å². The molecular weight excluding hydrogens is 204 g/mol. The number of anilines is 1. The number of aromatic nitrogens is 3. The van der Waals surface area contributed by atoms with Crippen LogP contribution in [-0.4, -0.2) is 21.9 Å². The highest BCUT2D eigenvalue weighted by molar-refractivity contribution is 5.66. The largest absolute Gasteiger partial charge is 0.480 e. The molecule has 0 spiro atoms. The average Bonchev–Trinajstić information content (AvgIpc) is 2.65. The Kier molecular flexibility index (Phi) is 2.52. The van der Waals surface area contributed by atoms with Gasteiger partial charge in [0.25, 0.3) is 0 Å². The molecule has 0 unspecified atom stereocenters. The van der Waals surface area contributed by atoms with Crippen LogP contribution in [0.5, 0.6) is 5.88 Å². The second-order valence-corrected chi connectivity index (χ2v) is 3.66. The number of rotatable bonds is 2. The molecule has 2 heterocycles. The predicted molar refractivity (Wildman–Crippen MR) is 62.1 cm³/mol. The number of methoxy groups -OCH3 is 1. The van der Waals surface area contributed by atoms with Crippen LogP contribution in [0.1, 0.15) is 5.56 Å². The number of aryl methyl sites for hydroxylation is 2. The van der Waals surface area contributed by atoms with E-state index in [-0.39, 0.29) is 0 Å². The van der Waals surface area contributed by atoms with Crippen molar-refractivity contribution in [3.8, 4) is 17.1 Å². The van der Waals surface area contributed by atoms with Crippen molar-refractivity contribution in [1.82, 2.24) is 14.8 Å². The maximum absolute atomic E-state index is 5.78. The summed E-state index contributed by atoms with van der Waals surface area (Å²) >= 11 is 0. The number of nitrogens with two attached hydrogens (primary N) is 1. The average molecular weight is 218 g/mol. The Bertz CT molecular complexity index is 519. The van der Waals surface area contributed by atoms with Gasteiger partial charge in [0.15, 0.2) is 0 Å². The van der Waals surface area contributed by atoms with Crippen molar-refractivity contribution < 1.29 is 4.74 Å². The Balaban J connectivity index is 2.56. The summed E-state index contributed by atoms with van der Waals surface area (Å²) in [7, 11) is 3.43. The van der Waals surface area contributed by atoms with Gasteiger partial charge in [0.1, 0.15) is 0 Å². The van der Waals surface area contributed by atoms with Gasteiger partial charge in [0, 0.05) is 18.8 Å². The molecule has 0 radical (unpaired) electrons. The third-order valence-corrected chi connectivity index (χ3v) is 2.38. The molecule has 0 aliphatic rings. The Morgan fingerprint density at radius 1 is 1.44 bits per heavy atom. The Hall–Kier alpha value is -2.04. The lowest BCUT2D eigenvalue weighted by Gasteiger charge is -2.08. The van der Waals surface area contributed by atoms with Gasteiger partial charge in [-0.25, -0.2) is 4.98 Å². The zero-order valence-electron chi connectivity index (χ0n) is 9.56. The molecule has 2 N–H and O–H groups in total. The Morgan fingerprint density at radius 3 is 2.75 bits per heavy atom. The van der Waals surface area contributed by atoms with Gasteiger partial charge in [0.2, 0.25) is 5.88 Å². The van der Waals surface area contributed by atoms with E-state index in [0.29, 0.717) is 11.6 Å². The molecule has 84 valence electrons. The Morgan fingerprint density at radius 2 is 2.19 bits per heavy atom.